The largest absolute Gasteiger partial charge is 0.444 e. The zero-order valence-electron chi connectivity index (χ0n) is 14.0. The topological polar surface area (TPSA) is 74.7 Å². The normalized spacial score (nSPS) is 13.0. The van der Waals surface area contributed by atoms with E-state index in [0.717, 1.165) is 16.4 Å². The minimum Gasteiger partial charge on any atom is -0.444 e. The number of aliphatic hydroxyl groups excluding tert-OH is 1. The molecule has 0 aliphatic heterocycles. The predicted octanol–water partition coefficient (Wildman–Crippen LogP) is 2.16. The Morgan fingerprint density at radius 2 is 2.23 bits per heavy atom. The monoisotopic (exact) mass is 329 g/mol. The lowest BCUT2D eigenvalue weighted by Gasteiger charge is -2.28. The van der Waals surface area contributed by atoms with E-state index in [1.807, 2.05) is 33.9 Å². The van der Waals surface area contributed by atoms with Gasteiger partial charge >= 0.3 is 6.09 Å². The first-order chi connectivity index (χ1) is 10.2. The number of nitrogens with one attached hydrogen (secondary N) is 1. The maximum absolute atomic E-state index is 12.1. The molecule has 0 aliphatic rings. The molecular weight excluding hydrogens is 302 g/mol. The van der Waals surface area contributed by atoms with Crippen LogP contribution in [-0.2, 0) is 11.3 Å². The van der Waals surface area contributed by atoms with E-state index in [9.17, 15) is 9.90 Å². The van der Waals surface area contributed by atoms with Gasteiger partial charge in [-0.15, -0.1) is 11.3 Å². The van der Waals surface area contributed by atoms with Crippen LogP contribution in [-0.4, -0.2) is 52.4 Å². The van der Waals surface area contributed by atoms with Crippen molar-refractivity contribution in [1.29, 1.82) is 0 Å². The fraction of sp³-hybridized carbons (Fsp3) is 0.733. The van der Waals surface area contributed by atoms with Crippen LogP contribution in [0.2, 0.25) is 0 Å². The number of hydrogen-bond donors (Lipinski definition) is 2. The van der Waals surface area contributed by atoms with Crippen molar-refractivity contribution < 1.29 is 14.6 Å². The smallest absolute Gasteiger partial charge is 0.410 e. The fourth-order valence-electron chi connectivity index (χ4n) is 1.82. The molecule has 0 radical (unpaired) electrons. The second-order valence-electron chi connectivity index (χ2n) is 6.30. The number of rotatable bonds is 7. The Hall–Kier alpha value is -1.18. The summed E-state index contributed by atoms with van der Waals surface area (Å²) in [4.78, 5) is 19.0. The number of amides is 1. The summed E-state index contributed by atoms with van der Waals surface area (Å²) in [5.41, 5.74) is -0.540. The maximum atomic E-state index is 12.1. The highest BCUT2D eigenvalue weighted by molar-refractivity contribution is 7.11. The van der Waals surface area contributed by atoms with E-state index in [-0.39, 0.29) is 6.54 Å². The summed E-state index contributed by atoms with van der Waals surface area (Å²) in [7, 11) is 0. The number of ether oxygens (including phenoxy) is 1. The molecule has 1 rings (SSSR count). The third kappa shape index (κ3) is 7.72. The Morgan fingerprint density at radius 3 is 2.73 bits per heavy atom. The second-order valence-corrected chi connectivity index (χ2v) is 7.62. The SMILES string of the molecule is Cc1ncc(CNCCN(CC(C)O)C(=O)OC(C)(C)C)s1. The van der Waals surface area contributed by atoms with Crippen molar-refractivity contribution in [3.8, 4) is 0 Å². The van der Waals surface area contributed by atoms with Gasteiger partial charge in [-0.3, -0.25) is 0 Å². The molecule has 1 aromatic rings. The van der Waals surface area contributed by atoms with Crippen LogP contribution >= 0.6 is 11.3 Å². The van der Waals surface area contributed by atoms with E-state index in [1.165, 1.54) is 4.90 Å². The van der Waals surface area contributed by atoms with Gasteiger partial charge < -0.3 is 20.1 Å². The van der Waals surface area contributed by atoms with Gasteiger partial charge in [-0.1, -0.05) is 0 Å². The van der Waals surface area contributed by atoms with Crippen molar-refractivity contribution in [2.45, 2.75) is 52.9 Å². The lowest BCUT2D eigenvalue weighted by atomic mass is 10.2. The first kappa shape index (κ1) is 18.9. The molecule has 1 amide bonds. The molecule has 7 heteroatoms. The number of nitrogens with zero attached hydrogens (tertiary/aromatic N) is 2. The molecule has 0 saturated carbocycles. The fourth-order valence-corrected chi connectivity index (χ4v) is 2.58. The average molecular weight is 329 g/mol. The van der Waals surface area contributed by atoms with E-state index in [1.54, 1.807) is 18.3 Å². The molecule has 0 bridgehead atoms. The van der Waals surface area contributed by atoms with Gasteiger partial charge in [-0.25, -0.2) is 9.78 Å². The van der Waals surface area contributed by atoms with Crippen molar-refractivity contribution >= 4 is 17.4 Å². The van der Waals surface area contributed by atoms with Crippen LogP contribution in [0.5, 0.6) is 0 Å². The van der Waals surface area contributed by atoms with E-state index in [4.69, 9.17) is 4.74 Å². The summed E-state index contributed by atoms with van der Waals surface area (Å²) in [6.07, 6.45) is 0.870. The molecule has 1 atom stereocenters. The van der Waals surface area contributed by atoms with E-state index < -0.39 is 17.8 Å². The first-order valence-electron chi connectivity index (χ1n) is 7.45. The first-order valence-corrected chi connectivity index (χ1v) is 8.27. The van der Waals surface area contributed by atoms with E-state index in [0.29, 0.717) is 13.1 Å². The van der Waals surface area contributed by atoms with Crippen LogP contribution in [0.25, 0.3) is 0 Å². The quantitative estimate of drug-likeness (QED) is 0.750. The highest BCUT2D eigenvalue weighted by Gasteiger charge is 2.22. The van der Waals surface area contributed by atoms with E-state index >= 15 is 0 Å². The van der Waals surface area contributed by atoms with Crippen molar-refractivity contribution in [3.63, 3.8) is 0 Å². The van der Waals surface area contributed by atoms with Gasteiger partial charge in [0.2, 0.25) is 0 Å². The molecule has 1 heterocycles. The van der Waals surface area contributed by atoms with Crippen LogP contribution in [0.4, 0.5) is 4.79 Å². The van der Waals surface area contributed by atoms with Gasteiger partial charge in [0.05, 0.1) is 11.1 Å². The van der Waals surface area contributed by atoms with Gasteiger partial charge in [0.1, 0.15) is 5.60 Å². The number of carbonyl (C=O) groups is 1. The zero-order valence-corrected chi connectivity index (χ0v) is 14.9. The summed E-state index contributed by atoms with van der Waals surface area (Å²) in [5.74, 6) is 0. The number of aromatic nitrogens is 1. The maximum Gasteiger partial charge on any atom is 0.410 e. The van der Waals surface area contributed by atoms with Gasteiger partial charge in [0.25, 0.3) is 0 Å². The third-order valence-electron chi connectivity index (χ3n) is 2.66. The van der Waals surface area contributed by atoms with Crippen molar-refractivity contribution in [1.82, 2.24) is 15.2 Å². The highest BCUT2D eigenvalue weighted by atomic mass is 32.1. The Balaban J connectivity index is 2.42. The number of hydrogen-bond acceptors (Lipinski definition) is 6. The number of carbonyl (C=O) groups excluding carboxylic acids is 1. The zero-order chi connectivity index (χ0) is 16.8. The molecule has 6 nitrogen and oxygen atoms in total. The minimum absolute atomic E-state index is 0.260. The summed E-state index contributed by atoms with van der Waals surface area (Å²) in [6.45, 7) is 11.2. The van der Waals surface area contributed by atoms with Gasteiger partial charge in [-0.2, -0.15) is 0 Å². The molecule has 2 N–H and O–H groups in total. The van der Waals surface area contributed by atoms with Crippen molar-refractivity contribution in [3.05, 3.63) is 16.1 Å². The predicted molar refractivity (Wildman–Crippen MR) is 88.0 cm³/mol. The highest BCUT2D eigenvalue weighted by Crippen LogP contribution is 2.11. The van der Waals surface area contributed by atoms with Crippen LogP contribution in [0.1, 0.15) is 37.6 Å². The Bertz CT molecular complexity index is 469. The third-order valence-corrected chi connectivity index (χ3v) is 3.58. The minimum atomic E-state index is -0.586. The van der Waals surface area contributed by atoms with Crippen LogP contribution in [0.3, 0.4) is 0 Å². The lowest BCUT2D eigenvalue weighted by Crippen LogP contribution is -2.43. The average Bonchev–Trinajstić information content (AvgIpc) is 2.76. The molecular formula is C15H27N3O3S. The lowest BCUT2D eigenvalue weighted by molar-refractivity contribution is 0.0164. The summed E-state index contributed by atoms with van der Waals surface area (Å²) in [6, 6.07) is 0. The summed E-state index contributed by atoms with van der Waals surface area (Å²) < 4.78 is 5.36. The van der Waals surface area contributed by atoms with Crippen molar-refractivity contribution in [2.75, 3.05) is 19.6 Å². The van der Waals surface area contributed by atoms with E-state index in [2.05, 4.69) is 10.3 Å². The number of aliphatic hydroxyl groups is 1. The molecule has 1 unspecified atom stereocenters. The molecule has 0 saturated heterocycles. The Morgan fingerprint density at radius 1 is 1.55 bits per heavy atom. The Kier molecular flexibility index (Phi) is 7.25. The standard InChI is InChI=1S/C15H27N3O3S/c1-11(19)10-18(14(20)21-15(3,4)5)7-6-16-8-13-9-17-12(2)22-13/h9,11,16,19H,6-8,10H2,1-5H3. The summed E-state index contributed by atoms with van der Waals surface area (Å²) >= 11 is 1.65. The van der Waals surface area contributed by atoms with Gasteiger partial charge in [-0.05, 0) is 34.6 Å². The Labute approximate surface area is 136 Å². The molecule has 22 heavy (non-hydrogen) atoms. The van der Waals surface area contributed by atoms with Crippen LogP contribution in [0.15, 0.2) is 6.20 Å². The molecule has 0 spiro atoms. The number of thiazole rings is 1. The van der Waals surface area contributed by atoms with Gasteiger partial charge in [0.15, 0.2) is 0 Å². The molecule has 126 valence electrons. The van der Waals surface area contributed by atoms with Crippen LogP contribution < -0.4 is 5.32 Å². The summed E-state index contributed by atoms with van der Waals surface area (Å²) in [5, 5.41) is 13.8. The van der Waals surface area contributed by atoms with Crippen molar-refractivity contribution in [2.24, 2.45) is 0 Å². The molecule has 0 aromatic carbocycles. The second kappa shape index (κ2) is 8.45. The molecule has 0 fully saturated rings. The molecule has 0 aliphatic carbocycles. The number of aryl methyl sites for hydroxylation is 1. The van der Waals surface area contributed by atoms with Crippen LogP contribution in [0, 0.1) is 6.92 Å². The van der Waals surface area contributed by atoms with Gasteiger partial charge in [0, 0.05) is 37.3 Å². The molecule has 1 aromatic heterocycles.